The van der Waals surface area contributed by atoms with Gasteiger partial charge in [-0.1, -0.05) is 56.4 Å². The van der Waals surface area contributed by atoms with E-state index in [1.807, 2.05) is 36.4 Å². The van der Waals surface area contributed by atoms with E-state index in [1.54, 1.807) is 0 Å². The zero-order chi connectivity index (χ0) is 19.3. The first kappa shape index (κ1) is 19.4. The molecule has 1 heterocycles. The van der Waals surface area contributed by atoms with Crippen molar-refractivity contribution < 1.29 is 9.53 Å². The van der Waals surface area contributed by atoms with Crippen molar-refractivity contribution in [1.29, 1.82) is 0 Å². The van der Waals surface area contributed by atoms with E-state index in [0.29, 0.717) is 24.6 Å². The lowest BCUT2D eigenvalue weighted by molar-refractivity contribution is -0.116. The molecule has 0 bridgehead atoms. The van der Waals surface area contributed by atoms with Crippen molar-refractivity contribution in [3.63, 3.8) is 0 Å². The van der Waals surface area contributed by atoms with Crippen LogP contribution in [-0.4, -0.2) is 17.5 Å². The highest BCUT2D eigenvalue weighted by atomic mass is 32.1. The standard InChI is InChI=1S/C22H26N2O2S/c1-4-22(2,3)16-11-13-17(14-12-16)26-15-7-10-20(25)24-21-23-18-8-5-6-9-19(18)27-21/h5-6,8-9,11-14H,4,7,10,15H2,1-3H3,(H,23,24,25). The molecule has 2 aromatic carbocycles. The van der Waals surface area contributed by atoms with Crippen LogP contribution in [0.3, 0.4) is 0 Å². The average molecular weight is 383 g/mol. The Bertz CT molecular complexity index is 867. The second kappa shape index (κ2) is 8.53. The van der Waals surface area contributed by atoms with Crippen molar-refractivity contribution >= 4 is 32.6 Å². The highest BCUT2D eigenvalue weighted by molar-refractivity contribution is 7.22. The van der Waals surface area contributed by atoms with E-state index in [2.05, 4.69) is 43.2 Å². The molecular formula is C22H26N2O2S. The van der Waals surface area contributed by atoms with Gasteiger partial charge in [0.25, 0.3) is 0 Å². The Balaban J connectivity index is 1.42. The number of para-hydroxylation sites is 1. The molecule has 0 radical (unpaired) electrons. The van der Waals surface area contributed by atoms with E-state index in [1.165, 1.54) is 16.9 Å². The van der Waals surface area contributed by atoms with Crippen LogP contribution in [0.15, 0.2) is 48.5 Å². The summed E-state index contributed by atoms with van der Waals surface area (Å²) in [5, 5.41) is 3.52. The summed E-state index contributed by atoms with van der Waals surface area (Å²) in [5.41, 5.74) is 2.40. The molecule has 1 N–H and O–H groups in total. The lowest BCUT2D eigenvalue weighted by Gasteiger charge is -2.23. The number of rotatable bonds is 8. The molecule has 0 saturated carbocycles. The van der Waals surface area contributed by atoms with Crippen molar-refractivity contribution in [2.24, 2.45) is 0 Å². The maximum Gasteiger partial charge on any atom is 0.226 e. The van der Waals surface area contributed by atoms with Gasteiger partial charge in [0.1, 0.15) is 5.75 Å². The fourth-order valence-corrected chi connectivity index (χ4v) is 3.62. The number of hydrogen-bond donors (Lipinski definition) is 1. The first-order valence-electron chi connectivity index (χ1n) is 9.37. The molecule has 0 spiro atoms. The molecule has 0 unspecified atom stereocenters. The van der Waals surface area contributed by atoms with Gasteiger partial charge in [0.2, 0.25) is 5.91 Å². The largest absolute Gasteiger partial charge is 0.494 e. The first-order chi connectivity index (χ1) is 13.0. The van der Waals surface area contributed by atoms with Gasteiger partial charge in [0, 0.05) is 6.42 Å². The summed E-state index contributed by atoms with van der Waals surface area (Å²) in [5.74, 6) is 0.815. The van der Waals surface area contributed by atoms with Crippen LogP contribution in [0, 0.1) is 0 Å². The Kier molecular flexibility index (Phi) is 6.11. The number of ether oxygens (including phenoxy) is 1. The molecule has 0 aliphatic carbocycles. The fraction of sp³-hybridized carbons (Fsp3) is 0.364. The van der Waals surface area contributed by atoms with Gasteiger partial charge in [0.05, 0.1) is 16.8 Å². The number of aromatic nitrogens is 1. The normalized spacial score (nSPS) is 11.5. The van der Waals surface area contributed by atoms with Crippen molar-refractivity contribution in [2.75, 3.05) is 11.9 Å². The Hall–Kier alpha value is -2.40. The summed E-state index contributed by atoms with van der Waals surface area (Å²) in [7, 11) is 0. The van der Waals surface area contributed by atoms with Gasteiger partial charge < -0.3 is 10.1 Å². The predicted octanol–water partition coefficient (Wildman–Crippen LogP) is 5.78. The topological polar surface area (TPSA) is 51.2 Å². The summed E-state index contributed by atoms with van der Waals surface area (Å²) in [6.45, 7) is 7.20. The molecule has 0 aliphatic rings. The average Bonchev–Trinajstić information content (AvgIpc) is 3.07. The van der Waals surface area contributed by atoms with Crippen molar-refractivity contribution in [3.8, 4) is 5.75 Å². The van der Waals surface area contributed by atoms with Crippen LogP contribution >= 0.6 is 11.3 Å². The van der Waals surface area contributed by atoms with Gasteiger partial charge in [-0.15, -0.1) is 0 Å². The second-order valence-electron chi connectivity index (χ2n) is 7.25. The third kappa shape index (κ3) is 5.07. The van der Waals surface area contributed by atoms with E-state index >= 15 is 0 Å². The van der Waals surface area contributed by atoms with E-state index in [9.17, 15) is 4.79 Å². The molecule has 0 fully saturated rings. The molecule has 1 aromatic heterocycles. The third-order valence-electron chi connectivity index (χ3n) is 4.88. The first-order valence-corrected chi connectivity index (χ1v) is 10.2. The maximum absolute atomic E-state index is 12.1. The number of nitrogens with zero attached hydrogens (tertiary/aromatic N) is 1. The molecule has 27 heavy (non-hydrogen) atoms. The molecule has 5 heteroatoms. The molecule has 1 amide bonds. The monoisotopic (exact) mass is 382 g/mol. The van der Waals surface area contributed by atoms with Crippen LogP contribution in [0.1, 0.15) is 45.6 Å². The summed E-state index contributed by atoms with van der Waals surface area (Å²) in [4.78, 5) is 16.5. The second-order valence-corrected chi connectivity index (χ2v) is 8.28. The highest BCUT2D eigenvalue weighted by Gasteiger charge is 2.17. The van der Waals surface area contributed by atoms with Gasteiger partial charge >= 0.3 is 0 Å². The van der Waals surface area contributed by atoms with Gasteiger partial charge in [0.15, 0.2) is 5.13 Å². The van der Waals surface area contributed by atoms with E-state index in [-0.39, 0.29) is 11.3 Å². The van der Waals surface area contributed by atoms with Crippen LogP contribution in [0.4, 0.5) is 5.13 Å². The number of carbonyl (C=O) groups excluding carboxylic acids is 1. The number of carbonyl (C=O) groups is 1. The van der Waals surface area contributed by atoms with Crippen molar-refractivity contribution in [2.45, 2.75) is 45.4 Å². The zero-order valence-electron chi connectivity index (χ0n) is 16.1. The molecule has 142 valence electrons. The van der Waals surface area contributed by atoms with E-state index < -0.39 is 0 Å². The molecule has 3 rings (SSSR count). The van der Waals surface area contributed by atoms with Crippen LogP contribution in [0.2, 0.25) is 0 Å². The smallest absolute Gasteiger partial charge is 0.226 e. The lowest BCUT2D eigenvalue weighted by atomic mass is 9.82. The predicted molar refractivity (Wildman–Crippen MR) is 113 cm³/mol. The highest BCUT2D eigenvalue weighted by Crippen LogP contribution is 2.28. The Morgan fingerprint density at radius 2 is 1.89 bits per heavy atom. The van der Waals surface area contributed by atoms with Crippen molar-refractivity contribution in [1.82, 2.24) is 4.98 Å². The summed E-state index contributed by atoms with van der Waals surface area (Å²) >= 11 is 1.49. The minimum absolute atomic E-state index is 0.0299. The third-order valence-corrected chi connectivity index (χ3v) is 5.83. The van der Waals surface area contributed by atoms with Crippen LogP contribution in [0.5, 0.6) is 5.75 Å². The van der Waals surface area contributed by atoms with Gasteiger partial charge in [-0.25, -0.2) is 4.98 Å². The van der Waals surface area contributed by atoms with Crippen molar-refractivity contribution in [3.05, 3.63) is 54.1 Å². The number of fused-ring (bicyclic) bond motifs is 1. The summed E-state index contributed by atoms with van der Waals surface area (Å²) < 4.78 is 6.84. The number of thiazole rings is 1. The summed E-state index contributed by atoms with van der Waals surface area (Å²) in [6.07, 6.45) is 2.17. The minimum Gasteiger partial charge on any atom is -0.494 e. The minimum atomic E-state index is -0.0299. The van der Waals surface area contributed by atoms with Crippen LogP contribution in [0.25, 0.3) is 10.2 Å². The van der Waals surface area contributed by atoms with Gasteiger partial charge in [-0.2, -0.15) is 0 Å². The van der Waals surface area contributed by atoms with Gasteiger partial charge in [-0.05, 0) is 48.1 Å². The molecule has 0 aliphatic heterocycles. The number of nitrogens with one attached hydrogen (secondary N) is 1. The molecule has 0 saturated heterocycles. The zero-order valence-corrected chi connectivity index (χ0v) is 16.9. The number of amides is 1. The SMILES string of the molecule is CCC(C)(C)c1ccc(OCCCC(=O)Nc2nc3ccccc3s2)cc1. The Labute approximate surface area is 164 Å². The number of hydrogen-bond acceptors (Lipinski definition) is 4. The van der Waals surface area contributed by atoms with Crippen LogP contribution in [-0.2, 0) is 10.2 Å². The Morgan fingerprint density at radius 3 is 2.59 bits per heavy atom. The number of anilines is 1. The van der Waals surface area contributed by atoms with Crippen LogP contribution < -0.4 is 10.1 Å². The van der Waals surface area contributed by atoms with E-state index in [4.69, 9.17) is 4.74 Å². The van der Waals surface area contributed by atoms with Gasteiger partial charge in [-0.3, -0.25) is 4.79 Å². The maximum atomic E-state index is 12.1. The molecule has 0 atom stereocenters. The quantitative estimate of drug-likeness (QED) is 0.502. The lowest BCUT2D eigenvalue weighted by Crippen LogP contribution is -2.15. The summed E-state index contributed by atoms with van der Waals surface area (Å²) in [6, 6.07) is 16.1. The van der Waals surface area contributed by atoms with E-state index in [0.717, 1.165) is 22.4 Å². The molecular weight excluding hydrogens is 356 g/mol. The molecule has 3 aromatic rings. The Morgan fingerprint density at radius 1 is 1.15 bits per heavy atom. The number of benzene rings is 2. The molecule has 4 nitrogen and oxygen atoms in total. The fourth-order valence-electron chi connectivity index (χ4n) is 2.74.